The monoisotopic (exact) mass is 303 g/mol. The zero-order chi connectivity index (χ0) is 15.9. The maximum Gasteiger partial charge on any atom is 0.261 e. The number of methoxy groups -OCH3 is 1. The molecule has 2 amide bonds. The Labute approximate surface area is 130 Å². The number of imide groups is 1. The van der Waals surface area contributed by atoms with Crippen LogP contribution in [0, 0.1) is 0 Å². The number of hydrogen-bond acceptors (Lipinski definition) is 4. The maximum absolute atomic E-state index is 12.6. The summed E-state index contributed by atoms with van der Waals surface area (Å²) in [4.78, 5) is 26.6. The van der Waals surface area contributed by atoms with Crippen LogP contribution in [-0.4, -0.2) is 41.8 Å². The summed E-state index contributed by atoms with van der Waals surface area (Å²) in [6.45, 7) is 3.68. The van der Waals surface area contributed by atoms with Crippen molar-refractivity contribution in [2.75, 3.05) is 7.11 Å². The summed E-state index contributed by atoms with van der Waals surface area (Å²) in [7, 11) is 1.59. The highest BCUT2D eigenvalue weighted by molar-refractivity contribution is 6.21. The van der Waals surface area contributed by atoms with E-state index >= 15 is 0 Å². The second-order valence-electron chi connectivity index (χ2n) is 6.28. The SMILES string of the molecule is COC(C)(C)O[C@@H]1CCC[C@H]1N1C(=O)c2ccccc2C1=O. The Bertz CT molecular complexity index is 575. The molecule has 3 rings (SSSR count). The van der Waals surface area contributed by atoms with E-state index in [1.165, 1.54) is 4.90 Å². The molecule has 1 saturated carbocycles. The Hall–Kier alpha value is -1.72. The molecule has 0 N–H and O–H groups in total. The Kier molecular flexibility index (Phi) is 3.78. The molecule has 5 heteroatoms. The molecule has 2 atom stereocenters. The lowest BCUT2D eigenvalue weighted by Gasteiger charge is -2.33. The van der Waals surface area contributed by atoms with E-state index in [1.54, 1.807) is 31.4 Å². The lowest BCUT2D eigenvalue weighted by atomic mass is 10.1. The van der Waals surface area contributed by atoms with Crippen LogP contribution in [0.15, 0.2) is 24.3 Å². The first-order chi connectivity index (χ1) is 10.4. The third-order valence-corrected chi connectivity index (χ3v) is 4.50. The van der Waals surface area contributed by atoms with Gasteiger partial charge in [-0.3, -0.25) is 14.5 Å². The number of hydrogen-bond donors (Lipinski definition) is 0. The number of benzene rings is 1. The van der Waals surface area contributed by atoms with Crippen molar-refractivity contribution in [1.29, 1.82) is 0 Å². The van der Waals surface area contributed by atoms with Gasteiger partial charge in [0.1, 0.15) is 0 Å². The molecule has 2 aliphatic rings. The minimum absolute atomic E-state index is 0.183. The standard InChI is InChI=1S/C17H21NO4/c1-17(2,21-3)22-14-10-6-9-13(14)18-15(19)11-7-4-5-8-12(11)16(18)20/h4-5,7-8,13-14H,6,9-10H2,1-3H3/t13-,14-/m1/s1. The van der Waals surface area contributed by atoms with Crippen LogP contribution in [-0.2, 0) is 9.47 Å². The van der Waals surface area contributed by atoms with Crippen LogP contribution in [0.1, 0.15) is 53.8 Å². The Balaban J connectivity index is 1.85. The lowest BCUT2D eigenvalue weighted by Crippen LogP contribution is -2.47. The minimum atomic E-state index is -0.730. The number of carbonyl (C=O) groups excluding carboxylic acids is 2. The first kappa shape index (κ1) is 15.2. The molecule has 118 valence electrons. The molecule has 1 heterocycles. The summed E-state index contributed by atoms with van der Waals surface area (Å²) < 4.78 is 11.3. The highest BCUT2D eigenvalue weighted by Gasteiger charge is 2.46. The molecule has 1 aliphatic heterocycles. The van der Waals surface area contributed by atoms with Crippen LogP contribution in [0.4, 0.5) is 0 Å². The molecule has 0 saturated heterocycles. The van der Waals surface area contributed by atoms with Crippen molar-refractivity contribution in [2.45, 2.75) is 51.0 Å². The molecule has 0 spiro atoms. The first-order valence-corrected chi connectivity index (χ1v) is 7.64. The number of rotatable bonds is 4. The highest BCUT2D eigenvalue weighted by Crippen LogP contribution is 2.35. The third-order valence-electron chi connectivity index (χ3n) is 4.50. The third kappa shape index (κ3) is 2.44. The molecule has 5 nitrogen and oxygen atoms in total. The summed E-state index contributed by atoms with van der Waals surface area (Å²) in [6.07, 6.45) is 2.35. The number of ether oxygens (including phenoxy) is 2. The molecule has 0 radical (unpaired) electrons. The Morgan fingerprint density at radius 3 is 2.23 bits per heavy atom. The molecule has 0 unspecified atom stereocenters. The van der Waals surface area contributed by atoms with E-state index in [0.717, 1.165) is 19.3 Å². The van der Waals surface area contributed by atoms with E-state index in [4.69, 9.17) is 9.47 Å². The molecule has 1 aromatic rings. The van der Waals surface area contributed by atoms with Gasteiger partial charge in [-0.2, -0.15) is 0 Å². The van der Waals surface area contributed by atoms with Crippen molar-refractivity contribution < 1.29 is 19.1 Å². The van der Waals surface area contributed by atoms with Crippen LogP contribution in [0.5, 0.6) is 0 Å². The predicted molar refractivity (Wildman–Crippen MR) is 80.5 cm³/mol. The van der Waals surface area contributed by atoms with Crippen LogP contribution >= 0.6 is 0 Å². The molecule has 1 fully saturated rings. The number of nitrogens with zero attached hydrogens (tertiary/aromatic N) is 1. The average molecular weight is 303 g/mol. The summed E-state index contributed by atoms with van der Waals surface area (Å²) in [5.41, 5.74) is 0.980. The quantitative estimate of drug-likeness (QED) is 0.634. The molecular formula is C17H21NO4. The Morgan fingerprint density at radius 2 is 1.68 bits per heavy atom. The normalized spacial score (nSPS) is 25.0. The van der Waals surface area contributed by atoms with Gasteiger partial charge in [0.2, 0.25) is 0 Å². The van der Waals surface area contributed by atoms with Gasteiger partial charge in [-0.15, -0.1) is 0 Å². The second-order valence-corrected chi connectivity index (χ2v) is 6.28. The topological polar surface area (TPSA) is 55.8 Å². The van der Waals surface area contributed by atoms with Gasteiger partial charge in [-0.25, -0.2) is 0 Å². The number of amides is 2. The van der Waals surface area contributed by atoms with Crippen LogP contribution in [0.25, 0.3) is 0 Å². The van der Waals surface area contributed by atoms with Gasteiger partial charge in [-0.1, -0.05) is 12.1 Å². The number of carbonyl (C=O) groups is 2. The van der Waals surface area contributed by atoms with E-state index in [-0.39, 0.29) is 24.0 Å². The van der Waals surface area contributed by atoms with Gasteiger partial charge in [0.25, 0.3) is 11.8 Å². The summed E-state index contributed by atoms with van der Waals surface area (Å²) in [6, 6.07) is 6.76. The fourth-order valence-electron chi connectivity index (χ4n) is 3.26. The van der Waals surface area contributed by atoms with Crippen molar-refractivity contribution >= 4 is 11.8 Å². The number of fused-ring (bicyclic) bond motifs is 1. The fourth-order valence-corrected chi connectivity index (χ4v) is 3.26. The summed E-state index contributed by atoms with van der Waals surface area (Å²) >= 11 is 0. The minimum Gasteiger partial charge on any atom is -0.354 e. The molecule has 22 heavy (non-hydrogen) atoms. The van der Waals surface area contributed by atoms with Gasteiger partial charge in [0, 0.05) is 7.11 Å². The summed E-state index contributed by atoms with van der Waals surface area (Å²) in [5.74, 6) is -1.15. The van der Waals surface area contributed by atoms with E-state index in [0.29, 0.717) is 11.1 Å². The van der Waals surface area contributed by atoms with Crippen LogP contribution in [0.3, 0.4) is 0 Å². The average Bonchev–Trinajstić information content (AvgIpc) is 3.03. The Morgan fingerprint density at radius 1 is 1.09 bits per heavy atom. The smallest absolute Gasteiger partial charge is 0.261 e. The molecule has 0 aromatic heterocycles. The predicted octanol–water partition coefficient (Wildman–Crippen LogP) is 2.60. The van der Waals surface area contributed by atoms with E-state index < -0.39 is 5.79 Å². The van der Waals surface area contributed by atoms with Gasteiger partial charge < -0.3 is 9.47 Å². The zero-order valence-electron chi connectivity index (χ0n) is 13.2. The fraction of sp³-hybridized carbons (Fsp3) is 0.529. The largest absolute Gasteiger partial charge is 0.354 e. The lowest BCUT2D eigenvalue weighted by molar-refractivity contribution is -0.227. The summed E-state index contributed by atoms with van der Waals surface area (Å²) in [5, 5.41) is 0. The van der Waals surface area contributed by atoms with E-state index in [2.05, 4.69) is 0 Å². The molecule has 0 bridgehead atoms. The zero-order valence-corrected chi connectivity index (χ0v) is 13.2. The molecular weight excluding hydrogens is 282 g/mol. The van der Waals surface area contributed by atoms with Crippen molar-refractivity contribution in [3.8, 4) is 0 Å². The molecule has 1 aromatic carbocycles. The van der Waals surface area contributed by atoms with E-state index in [1.807, 2.05) is 13.8 Å². The van der Waals surface area contributed by atoms with Gasteiger partial charge in [-0.05, 0) is 45.2 Å². The van der Waals surface area contributed by atoms with Crippen molar-refractivity contribution in [1.82, 2.24) is 4.90 Å². The van der Waals surface area contributed by atoms with Crippen molar-refractivity contribution in [3.63, 3.8) is 0 Å². The van der Waals surface area contributed by atoms with Crippen LogP contribution < -0.4 is 0 Å². The van der Waals surface area contributed by atoms with Crippen molar-refractivity contribution in [3.05, 3.63) is 35.4 Å². The van der Waals surface area contributed by atoms with Gasteiger partial charge in [0.05, 0.1) is 23.3 Å². The maximum atomic E-state index is 12.6. The van der Waals surface area contributed by atoms with Gasteiger partial charge in [0.15, 0.2) is 5.79 Å². The second kappa shape index (κ2) is 5.48. The highest BCUT2D eigenvalue weighted by atomic mass is 16.7. The first-order valence-electron chi connectivity index (χ1n) is 7.64. The van der Waals surface area contributed by atoms with Crippen LogP contribution in [0.2, 0.25) is 0 Å². The van der Waals surface area contributed by atoms with E-state index in [9.17, 15) is 9.59 Å². The molecule has 1 aliphatic carbocycles. The van der Waals surface area contributed by atoms with Crippen molar-refractivity contribution in [2.24, 2.45) is 0 Å². The van der Waals surface area contributed by atoms with Gasteiger partial charge >= 0.3 is 0 Å².